The lowest BCUT2D eigenvalue weighted by atomic mass is 10.1. The first kappa shape index (κ1) is 18.1. The Hall–Kier alpha value is -1.28. The van der Waals surface area contributed by atoms with Crippen LogP contribution in [0.3, 0.4) is 0 Å². The van der Waals surface area contributed by atoms with Crippen LogP contribution in [0.1, 0.15) is 39.1 Å². The predicted molar refractivity (Wildman–Crippen MR) is 84.3 cm³/mol. The highest BCUT2D eigenvalue weighted by molar-refractivity contribution is 4.99. The van der Waals surface area contributed by atoms with E-state index in [4.69, 9.17) is 14.2 Å². The van der Waals surface area contributed by atoms with E-state index in [2.05, 4.69) is 4.98 Å². The number of rotatable bonds is 6. The average molecular weight is 326 g/mol. The molecule has 1 aromatic rings. The van der Waals surface area contributed by atoms with Crippen molar-refractivity contribution in [2.45, 2.75) is 64.3 Å². The van der Waals surface area contributed by atoms with Gasteiger partial charge in [-0.05, 0) is 33.3 Å². The van der Waals surface area contributed by atoms with Crippen molar-refractivity contribution in [3.63, 3.8) is 0 Å². The average Bonchev–Trinajstić information content (AvgIpc) is 2.81. The maximum absolute atomic E-state index is 12.1. The largest absolute Gasteiger partial charge is 0.388 e. The molecule has 1 saturated heterocycles. The maximum Gasteiger partial charge on any atom is 0.349 e. The van der Waals surface area contributed by atoms with Crippen LogP contribution in [0.15, 0.2) is 17.1 Å². The first-order valence-corrected chi connectivity index (χ1v) is 7.85. The van der Waals surface area contributed by atoms with Gasteiger partial charge in [0.15, 0.2) is 6.23 Å². The third-order valence-electron chi connectivity index (χ3n) is 4.13. The van der Waals surface area contributed by atoms with Gasteiger partial charge in [0.1, 0.15) is 12.2 Å². The number of hydrogen-bond acceptors (Lipinski definition) is 6. The van der Waals surface area contributed by atoms with Gasteiger partial charge in [-0.15, -0.1) is 0 Å². The Bertz CT molecular complexity index is 586. The molecule has 130 valence electrons. The van der Waals surface area contributed by atoms with Gasteiger partial charge in [-0.2, -0.15) is 4.98 Å². The van der Waals surface area contributed by atoms with Gasteiger partial charge in [0.25, 0.3) is 0 Å². The number of aliphatic hydroxyl groups excluding tert-OH is 1. The molecule has 0 aromatic carbocycles. The molecule has 1 aliphatic rings. The molecule has 1 fully saturated rings. The van der Waals surface area contributed by atoms with Crippen molar-refractivity contribution >= 4 is 0 Å². The second-order valence-corrected chi connectivity index (χ2v) is 6.46. The van der Waals surface area contributed by atoms with Gasteiger partial charge >= 0.3 is 5.69 Å². The minimum Gasteiger partial charge on any atom is -0.388 e. The van der Waals surface area contributed by atoms with Gasteiger partial charge < -0.3 is 19.3 Å². The fraction of sp³-hybridized carbons (Fsp3) is 0.750. The summed E-state index contributed by atoms with van der Waals surface area (Å²) >= 11 is 0. The van der Waals surface area contributed by atoms with Crippen molar-refractivity contribution < 1.29 is 19.3 Å². The van der Waals surface area contributed by atoms with Crippen LogP contribution < -0.4 is 5.69 Å². The lowest BCUT2D eigenvalue weighted by Crippen LogP contribution is -2.41. The molecule has 1 N–H and O–H groups in total. The Labute approximate surface area is 136 Å². The van der Waals surface area contributed by atoms with Crippen LogP contribution in [-0.4, -0.2) is 52.3 Å². The van der Waals surface area contributed by atoms with E-state index in [0.717, 1.165) is 0 Å². The first-order valence-electron chi connectivity index (χ1n) is 7.85. The first-order chi connectivity index (χ1) is 10.8. The number of ether oxygens (including phenoxy) is 3. The van der Waals surface area contributed by atoms with E-state index in [1.54, 1.807) is 26.3 Å². The molecule has 0 radical (unpaired) electrons. The van der Waals surface area contributed by atoms with E-state index < -0.39 is 29.7 Å². The molecule has 4 unspecified atom stereocenters. The molecule has 1 aromatic heterocycles. The van der Waals surface area contributed by atoms with Crippen LogP contribution in [0.2, 0.25) is 0 Å². The summed E-state index contributed by atoms with van der Waals surface area (Å²) in [6.45, 7) is 7.72. The van der Waals surface area contributed by atoms with Crippen molar-refractivity contribution in [1.82, 2.24) is 9.55 Å². The number of nitrogens with zero attached hydrogens (tertiary/aromatic N) is 2. The van der Waals surface area contributed by atoms with Crippen molar-refractivity contribution in [3.05, 3.63) is 28.4 Å². The summed E-state index contributed by atoms with van der Waals surface area (Å²) in [7, 11) is 1.60. The Morgan fingerprint density at radius 2 is 2.17 bits per heavy atom. The van der Waals surface area contributed by atoms with Gasteiger partial charge in [0.05, 0.1) is 18.3 Å². The van der Waals surface area contributed by atoms with Crippen LogP contribution >= 0.6 is 0 Å². The maximum atomic E-state index is 12.1. The molecule has 7 heteroatoms. The molecule has 7 nitrogen and oxygen atoms in total. The lowest BCUT2D eigenvalue weighted by Gasteiger charge is -2.28. The Kier molecular flexibility index (Phi) is 5.57. The van der Waals surface area contributed by atoms with Crippen molar-refractivity contribution in [2.24, 2.45) is 0 Å². The fourth-order valence-corrected chi connectivity index (χ4v) is 2.51. The molecule has 2 heterocycles. The zero-order valence-electron chi connectivity index (χ0n) is 14.4. The van der Waals surface area contributed by atoms with Crippen LogP contribution in [0, 0.1) is 6.92 Å². The quantitative estimate of drug-likeness (QED) is 0.841. The van der Waals surface area contributed by atoms with Crippen LogP contribution in [0.25, 0.3) is 0 Å². The Balaban J connectivity index is 2.25. The highest BCUT2D eigenvalue weighted by Crippen LogP contribution is 2.33. The minimum atomic E-state index is -0.814. The minimum absolute atomic E-state index is 0.273. The zero-order valence-corrected chi connectivity index (χ0v) is 14.4. The normalized spacial score (nSPS) is 28.3. The summed E-state index contributed by atoms with van der Waals surface area (Å²) in [5.74, 6) is 0. The second kappa shape index (κ2) is 7.09. The van der Waals surface area contributed by atoms with Crippen LogP contribution in [0.5, 0.6) is 0 Å². The van der Waals surface area contributed by atoms with Gasteiger partial charge in [0, 0.05) is 19.0 Å². The van der Waals surface area contributed by atoms with E-state index in [1.807, 2.05) is 20.8 Å². The molecule has 4 atom stereocenters. The molecule has 0 aliphatic carbocycles. The SMILES string of the molecule is CCC1OC(n2ccc(C)nc2=O)C(OCC(C)(C)OC)C1O. The Morgan fingerprint density at radius 1 is 1.48 bits per heavy atom. The van der Waals surface area contributed by atoms with E-state index in [0.29, 0.717) is 12.1 Å². The third-order valence-corrected chi connectivity index (χ3v) is 4.13. The summed E-state index contributed by atoms with van der Waals surface area (Å²) in [6, 6.07) is 1.73. The second-order valence-electron chi connectivity index (χ2n) is 6.46. The molecule has 0 spiro atoms. The highest BCUT2D eigenvalue weighted by Gasteiger charge is 2.45. The highest BCUT2D eigenvalue weighted by atomic mass is 16.6. The van der Waals surface area contributed by atoms with Crippen LogP contribution in [0.4, 0.5) is 0 Å². The lowest BCUT2D eigenvalue weighted by molar-refractivity contribution is -0.120. The topological polar surface area (TPSA) is 82.8 Å². The summed E-state index contributed by atoms with van der Waals surface area (Å²) in [5, 5.41) is 10.5. The summed E-state index contributed by atoms with van der Waals surface area (Å²) < 4.78 is 18.4. The van der Waals surface area contributed by atoms with E-state index in [9.17, 15) is 9.90 Å². The molecule has 0 saturated carbocycles. The molecule has 2 rings (SSSR count). The summed E-state index contributed by atoms with van der Waals surface area (Å²) in [4.78, 5) is 16.1. The molecule has 1 aliphatic heterocycles. The number of aromatic nitrogens is 2. The smallest absolute Gasteiger partial charge is 0.349 e. The van der Waals surface area contributed by atoms with Crippen molar-refractivity contribution in [1.29, 1.82) is 0 Å². The molecular weight excluding hydrogens is 300 g/mol. The number of aryl methyl sites for hydroxylation is 1. The molecule has 0 bridgehead atoms. The van der Waals surface area contributed by atoms with E-state index in [1.165, 1.54) is 4.57 Å². The van der Waals surface area contributed by atoms with Gasteiger partial charge in [-0.25, -0.2) is 4.79 Å². The number of methoxy groups -OCH3 is 1. The standard InChI is InChI=1S/C16H26N2O5/c1-6-11-12(19)13(22-9-16(3,4)21-5)14(23-11)18-8-7-10(2)17-15(18)20/h7-8,11-14,19H,6,9H2,1-5H3. The van der Waals surface area contributed by atoms with Gasteiger partial charge in [-0.3, -0.25) is 4.57 Å². The zero-order chi connectivity index (χ0) is 17.2. The predicted octanol–water partition coefficient (Wildman–Crippen LogP) is 1.03. The van der Waals surface area contributed by atoms with E-state index >= 15 is 0 Å². The van der Waals surface area contributed by atoms with Crippen molar-refractivity contribution in [3.8, 4) is 0 Å². The number of aliphatic hydroxyl groups is 1. The van der Waals surface area contributed by atoms with E-state index in [-0.39, 0.29) is 12.7 Å². The monoisotopic (exact) mass is 326 g/mol. The third kappa shape index (κ3) is 3.98. The van der Waals surface area contributed by atoms with Gasteiger partial charge in [0.2, 0.25) is 0 Å². The summed E-state index contributed by atoms with van der Waals surface area (Å²) in [5.41, 5.74) is -0.279. The summed E-state index contributed by atoms with van der Waals surface area (Å²) in [6.07, 6.45) is -0.313. The molecule has 23 heavy (non-hydrogen) atoms. The fourth-order valence-electron chi connectivity index (χ4n) is 2.51. The molecular formula is C16H26N2O5. The van der Waals surface area contributed by atoms with Crippen LogP contribution in [-0.2, 0) is 14.2 Å². The van der Waals surface area contributed by atoms with Gasteiger partial charge in [-0.1, -0.05) is 6.92 Å². The Morgan fingerprint density at radius 3 is 2.74 bits per heavy atom. The molecule has 0 amide bonds. The number of hydrogen-bond donors (Lipinski definition) is 1. The van der Waals surface area contributed by atoms with Crippen molar-refractivity contribution in [2.75, 3.05) is 13.7 Å².